The van der Waals surface area contributed by atoms with Crippen LogP contribution in [0.3, 0.4) is 0 Å². The molecule has 1 aromatic carbocycles. The highest BCUT2D eigenvalue weighted by atomic mass is 35.7. The van der Waals surface area contributed by atoms with E-state index in [-0.39, 0.29) is 17.3 Å². The maximum Gasteiger partial charge on any atom is 0.318 e. The van der Waals surface area contributed by atoms with Crippen LogP contribution in [0.4, 0.5) is 0 Å². The van der Waals surface area contributed by atoms with Crippen LogP contribution in [0.25, 0.3) is 0 Å². The Balaban J connectivity index is 2.24. The minimum atomic E-state index is -4.52. The lowest BCUT2D eigenvalue weighted by Crippen LogP contribution is -2.61. The van der Waals surface area contributed by atoms with E-state index in [9.17, 15) is 14.0 Å². The second-order valence-electron chi connectivity index (χ2n) is 3.07. The summed E-state index contributed by atoms with van der Waals surface area (Å²) in [6.07, 6.45) is 0.156. The van der Waals surface area contributed by atoms with Crippen molar-refractivity contribution in [2.45, 2.75) is 6.42 Å². The van der Waals surface area contributed by atoms with Gasteiger partial charge in [0.15, 0.2) is 0 Å². The summed E-state index contributed by atoms with van der Waals surface area (Å²) in [5, 5.41) is -0.0226. The topological polar surface area (TPSA) is 87.6 Å². The lowest BCUT2D eigenvalue weighted by Gasteiger charge is -2.19. The van der Waals surface area contributed by atoms with Gasteiger partial charge in [-0.3, -0.25) is 0 Å². The van der Waals surface area contributed by atoms with Crippen molar-refractivity contribution in [3.05, 3.63) is 40.7 Å². The van der Waals surface area contributed by atoms with Crippen molar-refractivity contribution in [3.8, 4) is 5.75 Å². The summed E-state index contributed by atoms with van der Waals surface area (Å²) >= 11 is 3.92. The van der Waals surface area contributed by atoms with E-state index in [0.717, 1.165) is 5.56 Å². The molecule has 0 fully saturated rings. The summed E-state index contributed by atoms with van der Waals surface area (Å²) in [6, 6.07) is 7.00. The first kappa shape index (κ1) is 11.6. The monoisotopic (exact) mass is 262 g/mol. The molecule has 5 nitrogen and oxygen atoms in total. The van der Waals surface area contributed by atoms with E-state index in [4.69, 9.17) is 4.74 Å². The number of hydrogen-bond acceptors (Lipinski definition) is 6. The van der Waals surface area contributed by atoms with E-state index in [0.29, 0.717) is 5.75 Å². The van der Waals surface area contributed by atoms with Gasteiger partial charge in [0.05, 0.1) is 6.42 Å². The maximum absolute atomic E-state index is 10.4. The number of rotatable bonds is 2. The van der Waals surface area contributed by atoms with Crippen LogP contribution < -0.4 is 18.7 Å². The van der Waals surface area contributed by atoms with E-state index in [1.54, 1.807) is 24.3 Å². The van der Waals surface area contributed by atoms with Gasteiger partial charge in [-0.15, -0.1) is 12.6 Å². The largest absolute Gasteiger partial charge is 0.446 e. The van der Waals surface area contributed by atoms with Gasteiger partial charge in [0.25, 0.3) is 0 Å². The van der Waals surface area contributed by atoms with Gasteiger partial charge >= 0.3 is 5.76 Å². The molecule has 0 spiro atoms. The number of benzene rings is 1. The molecule has 1 aromatic rings. The molecule has 2 rings (SSSR count). The van der Waals surface area contributed by atoms with Crippen molar-refractivity contribution in [1.29, 1.82) is 0 Å². The lowest BCUT2D eigenvalue weighted by atomic mass is 10.1. The van der Waals surface area contributed by atoms with Crippen molar-refractivity contribution in [2.75, 3.05) is 0 Å². The lowest BCUT2D eigenvalue weighted by molar-refractivity contribution is -1.92. The third-order valence-electron chi connectivity index (χ3n) is 1.96. The van der Waals surface area contributed by atoms with Crippen LogP contribution in [0.1, 0.15) is 5.56 Å². The molecule has 1 heterocycles. The summed E-state index contributed by atoms with van der Waals surface area (Å²) < 4.78 is 40.7. The second-order valence-corrected chi connectivity index (χ2v) is 4.39. The number of para-hydroxylation sites is 1. The maximum atomic E-state index is 10.4. The Bertz CT molecular complexity index is 440. The highest BCUT2D eigenvalue weighted by Crippen LogP contribution is 2.32. The van der Waals surface area contributed by atoms with E-state index < -0.39 is 10.2 Å². The Kier molecular flexibility index (Phi) is 3.00. The van der Waals surface area contributed by atoms with Crippen LogP contribution >= 0.6 is 12.6 Å². The third-order valence-corrected chi connectivity index (χ3v) is 2.67. The van der Waals surface area contributed by atoms with E-state index in [1.165, 1.54) is 0 Å². The number of halogens is 1. The van der Waals surface area contributed by atoms with Gasteiger partial charge in [0, 0.05) is 5.56 Å². The Hall–Kier alpha value is -0.920. The molecule has 0 saturated heterocycles. The average molecular weight is 263 g/mol. The molecule has 0 bridgehead atoms. The molecule has 0 N–H and O–H groups in total. The molecule has 0 aliphatic carbocycles. The van der Waals surface area contributed by atoms with Crippen molar-refractivity contribution in [3.63, 3.8) is 0 Å². The number of thiol groups is 1. The zero-order valence-electron chi connectivity index (χ0n) is 7.88. The fraction of sp³-hybridized carbons (Fsp3) is 0.111. The smallest absolute Gasteiger partial charge is 0.318 e. The van der Waals surface area contributed by atoms with Gasteiger partial charge in [-0.25, -0.2) is 0 Å². The predicted octanol–water partition coefficient (Wildman–Crippen LogP) is -1.37. The number of hydrogen-bond donors (Lipinski definition) is 1. The minimum Gasteiger partial charge on any atom is -0.446 e. The molecule has 0 radical (unpaired) electrons. The highest BCUT2D eigenvalue weighted by Gasteiger charge is 2.30. The predicted molar refractivity (Wildman–Crippen MR) is 47.9 cm³/mol. The fourth-order valence-electron chi connectivity index (χ4n) is 1.33. The molecule has 0 saturated carbocycles. The van der Waals surface area contributed by atoms with Crippen LogP contribution in [0, 0.1) is 10.2 Å². The van der Waals surface area contributed by atoms with E-state index >= 15 is 0 Å². The van der Waals surface area contributed by atoms with Crippen molar-refractivity contribution in [1.82, 2.24) is 0 Å². The molecule has 0 aromatic heterocycles. The first-order chi connectivity index (χ1) is 7.46. The average Bonchev–Trinajstić information content (AvgIpc) is 2.17. The van der Waals surface area contributed by atoms with Gasteiger partial charge in [0.2, 0.25) is 5.09 Å². The Morgan fingerprint density at radius 3 is 2.62 bits per heavy atom. The number of fused-ring (bicyclic) bond motifs is 1. The number of ether oxygens (including phenoxy) is 1. The molecule has 86 valence electrons. The molecule has 1 aliphatic rings. The quantitative estimate of drug-likeness (QED) is 0.665. The van der Waals surface area contributed by atoms with Crippen LogP contribution in [0.5, 0.6) is 5.75 Å². The summed E-state index contributed by atoms with van der Waals surface area (Å²) in [6.45, 7) is 0. The van der Waals surface area contributed by atoms with Crippen molar-refractivity contribution in [2.24, 2.45) is 0 Å². The van der Waals surface area contributed by atoms with Gasteiger partial charge in [0.1, 0.15) is 16.0 Å². The summed E-state index contributed by atoms with van der Waals surface area (Å²) in [5.41, 5.74) is 0.731. The van der Waals surface area contributed by atoms with Crippen LogP contribution in [0.15, 0.2) is 35.1 Å². The molecular formula is C9H7ClO5S. The SMILES string of the molecule is [O-][Cl+3]([O-])([O-])OC1=C(S)Oc2ccccc2C1. The van der Waals surface area contributed by atoms with Gasteiger partial charge in [-0.2, -0.15) is 14.0 Å². The zero-order chi connectivity index (χ0) is 11.8. The van der Waals surface area contributed by atoms with Crippen LogP contribution in [0.2, 0.25) is 0 Å². The molecule has 0 atom stereocenters. The molecule has 7 heteroatoms. The van der Waals surface area contributed by atoms with Gasteiger partial charge in [-0.1, -0.05) is 22.5 Å². The van der Waals surface area contributed by atoms with Crippen LogP contribution in [-0.4, -0.2) is 0 Å². The molecule has 0 unspecified atom stereocenters. The fourth-order valence-corrected chi connectivity index (χ4v) is 1.96. The van der Waals surface area contributed by atoms with Crippen LogP contribution in [-0.2, 0) is 10.7 Å². The zero-order valence-corrected chi connectivity index (χ0v) is 9.53. The Labute approximate surface area is 99.1 Å². The highest BCUT2D eigenvalue weighted by molar-refractivity contribution is 7.84. The minimum absolute atomic E-state index is 0.0226. The number of allylic oxidation sites excluding steroid dienone is 1. The van der Waals surface area contributed by atoms with Gasteiger partial charge in [-0.05, 0) is 6.07 Å². The normalized spacial score (nSPS) is 15.5. The van der Waals surface area contributed by atoms with Crippen molar-refractivity contribution >= 4 is 12.6 Å². The molecular weight excluding hydrogens is 256 g/mol. The second kappa shape index (κ2) is 4.15. The van der Waals surface area contributed by atoms with E-state index in [2.05, 4.69) is 16.9 Å². The summed E-state index contributed by atoms with van der Waals surface area (Å²) in [7, 11) is -4.52. The molecule has 16 heavy (non-hydrogen) atoms. The first-order valence-electron chi connectivity index (χ1n) is 4.24. The molecule has 0 amide bonds. The third kappa shape index (κ3) is 2.60. The summed E-state index contributed by atoms with van der Waals surface area (Å²) in [5.74, 6) is 0.457. The van der Waals surface area contributed by atoms with E-state index in [1.807, 2.05) is 0 Å². The molecule has 1 aliphatic heterocycles. The first-order valence-corrected chi connectivity index (χ1v) is 5.92. The Morgan fingerprint density at radius 2 is 1.94 bits per heavy atom. The Morgan fingerprint density at radius 1 is 1.25 bits per heavy atom. The standard InChI is InChI=1S/C9H7ClO5S/c11-10(12,13)15-8-5-6-3-1-2-4-7(6)14-9(8)16/h1-4,16H,5H2. The van der Waals surface area contributed by atoms with Gasteiger partial charge < -0.3 is 4.74 Å². The van der Waals surface area contributed by atoms with Crippen molar-refractivity contribution < 1.29 is 33.2 Å². The summed E-state index contributed by atoms with van der Waals surface area (Å²) in [4.78, 5) is 0.